The number of carbonyl (C=O) groups is 1. The van der Waals surface area contributed by atoms with E-state index in [1.807, 2.05) is 18.2 Å². The van der Waals surface area contributed by atoms with Crippen LogP contribution in [0.2, 0.25) is 0 Å². The smallest absolute Gasteiger partial charge is 0.248 e. The van der Waals surface area contributed by atoms with E-state index in [1.165, 1.54) is 0 Å². The molecule has 1 aliphatic rings. The largest absolute Gasteiger partial charge is 0.377 e. The monoisotopic (exact) mass is 234 g/mol. The second-order valence-corrected chi connectivity index (χ2v) is 4.33. The van der Waals surface area contributed by atoms with Crippen LogP contribution < -0.4 is 11.1 Å². The minimum atomic E-state index is -0.383. The maximum absolute atomic E-state index is 11.0. The zero-order chi connectivity index (χ0) is 12.1. The first-order chi connectivity index (χ1) is 8.25. The molecule has 0 aliphatic carbocycles. The zero-order valence-corrected chi connectivity index (χ0v) is 9.82. The van der Waals surface area contributed by atoms with E-state index in [0.717, 1.165) is 38.1 Å². The quantitative estimate of drug-likeness (QED) is 0.800. The van der Waals surface area contributed by atoms with Gasteiger partial charge in [-0.15, -0.1) is 0 Å². The molecule has 0 spiro atoms. The fourth-order valence-electron chi connectivity index (χ4n) is 2.02. The van der Waals surface area contributed by atoms with Crippen LogP contribution in [0.1, 0.15) is 28.8 Å². The Hall–Kier alpha value is -1.39. The number of rotatable bonds is 5. The third-order valence-electron chi connectivity index (χ3n) is 2.94. The minimum Gasteiger partial charge on any atom is -0.377 e. The van der Waals surface area contributed by atoms with E-state index in [0.29, 0.717) is 11.7 Å². The number of nitrogens with two attached hydrogens (primary N) is 1. The van der Waals surface area contributed by atoms with Crippen molar-refractivity contribution in [3.8, 4) is 0 Å². The van der Waals surface area contributed by atoms with Gasteiger partial charge in [0.1, 0.15) is 0 Å². The number of benzene rings is 1. The van der Waals surface area contributed by atoms with Crippen molar-refractivity contribution in [3.05, 3.63) is 35.4 Å². The molecule has 17 heavy (non-hydrogen) atoms. The molecule has 0 saturated carbocycles. The second-order valence-electron chi connectivity index (χ2n) is 4.33. The first-order valence-corrected chi connectivity index (χ1v) is 5.97. The number of ether oxygens (including phenoxy) is 1. The van der Waals surface area contributed by atoms with Gasteiger partial charge in [0.2, 0.25) is 5.91 Å². The first-order valence-electron chi connectivity index (χ1n) is 5.97. The van der Waals surface area contributed by atoms with Crippen LogP contribution in [-0.2, 0) is 11.3 Å². The van der Waals surface area contributed by atoms with E-state index in [9.17, 15) is 4.79 Å². The molecule has 3 N–H and O–H groups in total. The lowest BCUT2D eigenvalue weighted by atomic mass is 10.1. The van der Waals surface area contributed by atoms with Gasteiger partial charge in [-0.3, -0.25) is 4.79 Å². The summed E-state index contributed by atoms with van der Waals surface area (Å²) in [6, 6.07) is 7.38. The van der Waals surface area contributed by atoms with E-state index in [1.54, 1.807) is 6.07 Å². The molecule has 0 bridgehead atoms. The van der Waals surface area contributed by atoms with Gasteiger partial charge in [-0.2, -0.15) is 0 Å². The van der Waals surface area contributed by atoms with Crippen molar-refractivity contribution in [1.82, 2.24) is 5.32 Å². The van der Waals surface area contributed by atoms with Crippen molar-refractivity contribution in [2.75, 3.05) is 13.2 Å². The number of carbonyl (C=O) groups excluding carboxylic acids is 1. The van der Waals surface area contributed by atoms with Gasteiger partial charge >= 0.3 is 0 Å². The maximum Gasteiger partial charge on any atom is 0.248 e. The molecule has 1 unspecified atom stereocenters. The lowest BCUT2D eigenvalue weighted by Gasteiger charge is -2.10. The Morgan fingerprint density at radius 3 is 3.12 bits per heavy atom. The van der Waals surface area contributed by atoms with Crippen LogP contribution in [0.3, 0.4) is 0 Å². The third kappa shape index (κ3) is 3.54. The lowest BCUT2D eigenvalue weighted by Crippen LogP contribution is -2.25. The molecule has 4 nitrogen and oxygen atoms in total. The van der Waals surface area contributed by atoms with Crippen LogP contribution in [0, 0.1) is 0 Å². The number of hydrogen-bond acceptors (Lipinski definition) is 3. The standard InChI is InChI=1S/C13H18N2O2/c14-13(16)11-4-1-3-10(7-11)8-15-9-12-5-2-6-17-12/h1,3-4,7,12,15H,2,5-6,8-9H2,(H2,14,16). The average Bonchev–Trinajstić information content (AvgIpc) is 2.82. The molecular weight excluding hydrogens is 216 g/mol. The molecule has 4 heteroatoms. The van der Waals surface area contributed by atoms with Gasteiger partial charge in [-0.25, -0.2) is 0 Å². The van der Waals surface area contributed by atoms with Gasteiger partial charge in [-0.1, -0.05) is 12.1 Å². The van der Waals surface area contributed by atoms with Crippen molar-refractivity contribution < 1.29 is 9.53 Å². The number of hydrogen-bond donors (Lipinski definition) is 2. The summed E-state index contributed by atoms with van der Waals surface area (Å²) in [6.45, 7) is 2.48. The van der Waals surface area contributed by atoms with Crippen LogP contribution >= 0.6 is 0 Å². The Morgan fingerprint density at radius 2 is 2.41 bits per heavy atom. The van der Waals surface area contributed by atoms with Gasteiger partial charge in [0.15, 0.2) is 0 Å². The van der Waals surface area contributed by atoms with Crippen LogP contribution in [0.25, 0.3) is 0 Å². The Bertz CT molecular complexity index is 387. The summed E-state index contributed by atoms with van der Waals surface area (Å²) in [5.41, 5.74) is 6.86. The van der Waals surface area contributed by atoms with Gasteiger partial charge in [0.25, 0.3) is 0 Å². The summed E-state index contributed by atoms with van der Waals surface area (Å²) in [4.78, 5) is 11.0. The van der Waals surface area contributed by atoms with E-state index in [-0.39, 0.29) is 5.91 Å². The van der Waals surface area contributed by atoms with Crippen molar-refractivity contribution >= 4 is 5.91 Å². The van der Waals surface area contributed by atoms with Gasteiger partial charge in [0, 0.05) is 25.3 Å². The third-order valence-corrected chi connectivity index (χ3v) is 2.94. The highest BCUT2D eigenvalue weighted by molar-refractivity contribution is 5.92. The fraction of sp³-hybridized carbons (Fsp3) is 0.462. The Balaban J connectivity index is 1.81. The summed E-state index contributed by atoms with van der Waals surface area (Å²) < 4.78 is 5.52. The van der Waals surface area contributed by atoms with Crippen molar-refractivity contribution in [2.24, 2.45) is 5.73 Å². The molecule has 1 aromatic rings. The molecule has 1 heterocycles. The van der Waals surface area contributed by atoms with Gasteiger partial charge in [0.05, 0.1) is 6.10 Å². The van der Waals surface area contributed by atoms with E-state index in [4.69, 9.17) is 10.5 Å². The molecule has 92 valence electrons. The summed E-state index contributed by atoms with van der Waals surface area (Å²) in [7, 11) is 0. The SMILES string of the molecule is NC(=O)c1cccc(CNCC2CCCO2)c1. The Kier molecular flexibility index (Phi) is 4.12. The average molecular weight is 234 g/mol. The highest BCUT2D eigenvalue weighted by atomic mass is 16.5. The maximum atomic E-state index is 11.0. The highest BCUT2D eigenvalue weighted by Crippen LogP contribution is 2.11. The summed E-state index contributed by atoms with van der Waals surface area (Å²) >= 11 is 0. The lowest BCUT2D eigenvalue weighted by molar-refractivity contribution is 0.1000. The molecule has 1 aromatic carbocycles. The number of nitrogens with one attached hydrogen (secondary N) is 1. The highest BCUT2D eigenvalue weighted by Gasteiger charge is 2.14. The second kappa shape index (κ2) is 5.80. The summed E-state index contributed by atoms with van der Waals surface area (Å²) in [5.74, 6) is -0.383. The summed E-state index contributed by atoms with van der Waals surface area (Å²) in [6.07, 6.45) is 2.63. The van der Waals surface area contributed by atoms with E-state index in [2.05, 4.69) is 5.32 Å². The Morgan fingerprint density at radius 1 is 1.53 bits per heavy atom. The molecule has 1 aliphatic heterocycles. The minimum absolute atomic E-state index is 0.342. The first kappa shape index (κ1) is 12.1. The predicted octanol–water partition coefficient (Wildman–Crippen LogP) is 1.05. The van der Waals surface area contributed by atoms with Gasteiger partial charge in [-0.05, 0) is 30.5 Å². The topological polar surface area (TPSA) is 64.4 Å². The summed E-state index contributed by atoms with van der Waals surface area (Å²) in [5, 5.41) is 3.33. The molecule has 1 atom stereocenters. The molecule has 1 saturated heterocycles. The number of amides is 1. The molecule has 1 fully saturated rings. The predicted molar refractivity (Wildman–Crippen MR) is 65.6 cm³/mol. The van der Waals surface area contributed by atoms with Crippen LogP contribution in [0.4, 0.5) is 0 Å². The Labute approximate surface area is 101 Å². The molecule has 0 aromatic heterocycles. The van der Waals surface area contributed by atoms with Gasteiger partial charge < -0.3 is 15.8 Å². The van der Waals surface area contributed by atoms with Crippen molar-refractivity contribution in [2.45, 2.75) is 25.5 Å². The van der Waals surface area contributed by atoms with Crippen molar-refractivity contribution in [1.29, 1.82) is 0 Å². The molecular formula is C13H18N2O2. The van der Waals surface area contributed by atoms with Crippen LogP contribution in [0.15, 0.2) is 24.3 Å². The molecule has 2 rings (SSSR count). The van der Waals surface area contributed by atoms with E-state index >= 15 is 0 Å². The van der Waals surface area contributed by atoms with Crippen LogP contribution in [0.5, 0.6) is 0 Å². The van der Waals surface area contributed by atoms with E-state index < -0.39 is 0 Å². The fourth-order valence-corrected chi connectivity index (χ4v) is 2.02. The molecule has 0 radical (unpaired) electrons. The normalized spacial score (nSPS) is 19.4. The number of primary amides is 1. The van der Waals surface area contributed by atoms with Crippen molar-refractivity contribution in [3.63, 3.8) is 0 Å². The zero-order valence-electron chi connectivity index (χ0n) is 9.82. The van der Waals surface area contributed by atoms with Crippen LogP contribution in [-0.4, -0.2) is 25.2 Å². The molecule has 1 amide bonds.